The molecular weight excluding hydrogens is 210 g/mol. The molecular formula is C14H37N3. The van der Waals surface area contributed by atoms with Crippen LogP contribution in [-0.2, 0) is 0 Å². The summed E-state index contributed by atoms with van der Waals surface area (Å²) in [7, 11) is 3.00. The Balaban J connectivity index is -0.000000180. The lowest BCUT2D eigenvalue weighted by molar-refractivity contribution is 0.441. The third kappa shape index (κ3) is 25.8. The van der Waals surface area contributed by atoms with Crippen molar-refractivity contribution in [2.75, 3.05) is 14.1 Å². The highest BCUT2D eigenvalue weighted by Gasteiger charge is 2.06. The molecule has 0 bridgehead atoms. The van der Waals surface area contributed by atoms with Crippen molar-refractivity contribution in [1.29, 1.82) is 0 Å². The molecule has 0 spiro atoms. The first-order valence-electron chi connectivity index (χ1n) is 7.22. The van der Waals surface area contributed by atoms with Crippen LogP contribution < -0.4 is 17.2 Å². The van der Waals surface area contributed by atoms with Crippen LogP contribution in [0.15, 0.2) is 0 Å². The van der Waals surface area contributed by atoms with Crippen LogP contribution in [0.5, 0.6) is 0 Å². The summed E-state index contributed by atoms with van der Waals surface area (Å²) >= 11 is 0. The molecule has 0 unspecified atom stereocenters. The van der Waals surface area contributed by atoms with Crippen molar-refractivity contribution < 1.29 is 0 Å². The van der Waals surface area contributed by atoms with Crippen molar-refractivity contribution in [3.8, 4) is 0 Å². The lowest BCUT2D eigenvalue weighted by Gasteiger charge is -2.15. The topological polar surface area (TPSA) is 78.1 Å². The largest absolute Gasteiger partial charge is 0.333 e. The van der Waals surface area contributed by atoms with Crippen LogP contribution in [0.25, 0.3) is 0 Å². The lowest BCUT2D eigenvalue weighted by atomic mass is 9.97. The second-order valence-corrected chi connectivity index (χ2v) is 4.11. The molecule has 6 N–H and O–H groups in total. The molecule has 0 aromatic rings. The molecule has 3 nitrogen and oxygen atoms in total. The summed E-state index contributed by atoms with van der Waals surface area (Å²) < 4.78 is 0. The van der Waals surface area contributed by atoms with Crippen LogP contribution >= 0.6 is 0 Å². The van der Waals surface area contributed by atoms with E-state index in [2.05, 4.69) is 25.3 Å². The smallest absolute Gasteiger partial charge is 0.00388 e. The van der Waals surface area contributed by atoms with E-state index in [-0.39, 0.29) is 0 Å². The standard InChI is InChI=1S/C6H13N.C6H14.2CH5N/c7-6-4-2-1-3-5-6;1-3-5-6-4-2;2*1-2/h6H,1-5,7H2;3-6H2,1-2H3;2*2H2,1H3. The third-order valence-corrected chi connectivity index (χ3v) is 2.61. The first kappa shape index (κ1) is 22.1. The van der Waals surface area contributed by atoms with Crippen molar-refractivity contribution in [1.82, 2.24) is 0 Å². The average molecular weight is 247 g/mol. The maximum atomic E-state index is 5.63. The maximum absolute atomic E-state index is 5.63. The van der Waals surface area contributed by atoms with Crippen LogP contribution in [0, 0.1) is 0 Å². The number of unbranched alkanes of at least 4 members (excludes halogenated alkanes) is 3. The molecule has 0 saturated heterocycles. The van der Waals surface area contributed by atoms with Gasteiger partial charge in [0.1, 0.15) is 0 Å². The summed E-state index contributed by atoms with van der Waals surface area (Å²) in [5, 5.41) is 0. The van der Waals surface area contributed by atoms with E-state index in [1.165, 1.54) is 71.9 Å². The molecule has 0 aromatic heterocycles. The Hall–Kier alpha value is -0.120. The van der Waals surface area contributed by atoms with E-state index in [0.29, 0.717) is 6.04 Å². The van der Waals surface area contributed by atoms with E-state index < -0.39 is 0 Å². The molecule has 1 aliphatic carbocycles. The van der Waals surface area contributed by atoms with Crippen LogP contribution in [0.4, 0.5) is 0 Å². The fourth-order valence-corrected chi connectivity index (χ4v) is 1.63. The number of hydrogen-bond donors (Lipinski definition) is 3. The van der Waals surface area contributed by atoms with Crippen LogP contribution in [0.1, 0.15) is 71.6 Å². The van der Waals surface area contributed by atoms with Crippen LogP contribution in [0.2, 0.25) is 0 Å². The molecule has 1 saturated carbocycles. The Morgan fingerprint density at radius 2 is 1.12 bits per heavy atom. The summed E-state index contributed by atoms with van der Waals surface area (Å²) in [5.41, 5.74) is 14.6. The van der Waals surface area contributed by atoms with Gasteiger partial charge in [0.2, 0.25) is 0 Å². The Morgan fingerprint density at radius 3 is 1.29 bits per heavy atom. The minimum absolute atomic E-state index is 0.536. The molecule has 1 fully saturated rings. The summed E-state index contributed by atoms with van der Waals surface area (Å²) in [6.07, 6.45) is 12.2. The predicted molar refractivity (Wildman–Crippen MR) is 81.1 cm³/mol. The van der Waals surface area contributed by atoms with Crippen molar-refractivity contribution >= 4 is 0 Å². The number of hydrogen-bond acceptors (Lipinski definition) is 3. The monoisotopic (exact) mass is 247 g/mol. The first-order valence-corrected chi connectivity index (χ1v) is 7.22. The van der Waals surface area contributed by atoms with Crippen LogP contribution in [-0.4, -0.2) is 20.1 Å². The van der Waals surface area contributed by atoms with Crippen molar-refractivity contribution in [2.24, 2.45) is 17.2 Å². The van der Waals surface area contributed by atoms with Gasteiger partial charge in [0.15, 0.2) is 0 Å². The molecule has 17 heavy (non-hydrogen) atoms. The second-order valence-electron chi connectivity index (χ2n) is 4.11. The molecule has 0 atom stereocenters. The van der Waals surface area contributed by atoms with Gasteiger partial charge in [0.05, 0.1) is 0 Å². The molecule has 3 heteroatoms. The van der Waals surface area contributed by atoms with Crippen LogP contribution in [0.3, 0.4) is 0 Å². The molecule has 0 aromatic carbocycles. The van der Waals surface area contributed by atoms with Gasteiger partial charge >= 0.3 is 0 Å². The summed E-state index contributed by atoms with van der Waals surface area (Å²) in [4.78, 5) is 0. The minimum Gasteiger partial charge on any atom is -0.333 e. The lowest BCUT2D eigenvalue weighted by Crippen LogP contribution is -2.22. The van der Waals surface area contributed by atoms with Gasteiger partial charge in [-0.05, 0) is 26.9 Å². The summed E-state index contributed by atoms with van der Waals surface area (Å²) in [6.45, 7) is 4.46. The van der Waals surface area contributed by atoms with Gasteiger partial charge in [-0.1, -0.05) is 58.8 Å². The van der Waals surface area contributed by atoms with E-state index in [1.807, 2.05) is 0 Å². The van der Waals surface area contributed by atoms with E-state index in [1.54, 1.807) is 0 Å². The van der Waals surface area contributed by atoms with E-state index in [0.717, 1.165) is 0 Å². The highest BCUT2D eigenvalue weighted by atomic mass is 14.6. The Morgan fingerprint density at radius 1 is 0.765 bits per heavy atom. The van der Waals surface area contributed by atoms with Gasteiger partial charge in [-0.2, -0.15) is 0 Å². The third-order valence-electron chi connectivity index (χ3n) is 2.61. The normalized spacial score (nSPS) is 14.3. The minimum atomic E-state index is 0.536. The second kappa shape index (κ2) is 24.9. The molecule has 0 radical (unpaired) electrons. The Kier molecular flexibility index (Phi) is 32.4. The molecule has 1 aliphatic rings. The zero-order valence-corrected chi connectivity index (χ0v) is 12.7. The average Bonchev–Trinajstić information content (AvgIpc) is 2.42. The molecule has 108 valence electrons. The quantitative estimate of drug-likeness (QED) is 0.671. The van der Waals surface area contributed by atoms with E-state index in [4.69, 9.17) is 5.73 Å². The van der Waals surface area contributed by atoms with Gasteiger partial charge in [0, 0.05) is 6.04 Å². The van der Waals surface area contributed by atoms with Crippen molar-refractivity contribution in [3.05, 3.63) is 0 Å². The molecule has 1 rings (SSSR count). The van der Waals surface area contributed by atoms with Gasteiger partial charge in [-0.3, -0.25) is 0 Å². The molecule has 0 amide bonds. The van der Waals surface area contributed by atoms with Gasteiger partial charge in [-0.15, -0.1) is 0 Å². The van der Waals surface area contributed by atoms with Crippen molar-refractivity contribution in [2.45, 2.75) is 77.7 Å². The zero-order chi connectivity index (χ0) is 13.9. The summed E-state index contributed by atoms with van der Waals surface area (Å²) in [6, 6.07) is 0.536. The Labute approximate surface area is 110 Å². The van der Waals surface area contributed by atoms with E-state index >= 15 is 0 Å². The van der Waals surface area contributed by atoms with E-state index in [9.17, 15) is 0 Å². The SMILES string of the molecule is CCCCCC.CN.CN.NC1CCCCC1. The van der Waals surface area contributed by atoms with Crippen molar-refractivity contribution in [3.63, 3.8) is 0 Å². The highest BCUT2D eigenvalue weighted by molar-refractivity contribution is 4.66. The highest BCUT2D eigenvalue weighted by Crippen LogP contribution is 2.14. The number of nitrogens with two attached hydrogens (primary N) is 3. The molecule has 0 heterocycles. The number of rotatable bonds is 3. The van der Waals surface area contributed by atoms with Gasteiger partial charge in [0.25, 0.3) is 0 Å². The predicted octanol–water partition coefficient (Wildman–Crippen LogP) is 3.01. The zero-order valence-electron chi connectivity index (χ0n) is 12.7. The fourth-order valence-electron chi connectivity index (χ4n) is 1.63. The van der Waals surface area contributed by atoms with Gasteiger partial charge < -0.3 is 17.2 Å². The summed E-state index contributed by atoms with van der Waals surface area (Å²) in [5.74, 6) is 0. The maximum Gasteiger partial charge on any atom is 0.00388 e. The first-order chi connectivity index (χ1) is 8.31. The fraction of sp³-hybridized carbons (Fsp3) is 1.00. The Bertz CT molecular complexity index is 87.5. The molecule has 0 aliphatic heterocycles. The van der Waals surface area contributed by atoms with Gasteiger partial charge in [-0.25, -0.2) is 0 Å².